The molecule has 70 heavy (non-hydrogen) atoms. The molecule has 0 aliphatic carbocycles. The summed E-state index contributed by atoms with van der Waals surface area (Å²) in [5.74, 6) is -3.70. The number of nitrogens with one attached hydrogen (secondary N) is 1. The molecular weight excluding hydrogens is 937 g/mol. The SMILES string of the molecule is CCCCCCCCCCCCCC(=O)Nc1ccc(C2CC(=O)Oc3cc(O[C@H](C)C(=O)N4CCN(C(=O)CCCP(Cl)(c5ccccc5)(c5ccccc5)c5ccccc5)CC4)ccc32)c(Cl)c1. The smallest absolute Gasteiger partial charge is 0.0465 e. The molecule has 0 saturated carbocycles. The van der Waals surface area contributed by atoms with Crippen LogP contribution in [0, 0.1) is 0 Å². The Morgan fingerprint density at radius 3 is 1.76 bits per heavy atom. The van der Waals surface area contributed by atoms with Crippen LogP contribution in [0.2, 0.25) is 5.02 Å². The summed E-state index contributed by atoms with van der Waals surface area (Å²) in [5, 5.41) is 6.65. The first-order chi connectivity index (χ1) is 34.0. The first kappa shape index (κ1) is 52.6. The van der Waals surface area contributed by atoms with E-state index in [1.165, 1.54) is 51.4 Å². The third kappa shape index (κ3) is 13.0. The zero-order valence-electron chi connectivity index (χ0n) is 41.0. The minimum atomic E-state index is -3.49. The van der Waals surface area contributed by atoms with Crippen LogP contribution >= 0.6 is 28.8 Å². The molecule has 0 bridgehead atoms. The fourth-order valence-corrected chi connectivity index (χ4v) is 16.7. The monoisotopic (exact) mass is 1010 g/mol. The average molecular weight is 1010 g/mol. The van der Waals surface area contributed by atoms with Crippen molar-refractivity contribution in [1.29, 1.82) is 0 Å². The summed E-state index contributed by atoms with van der Waals surface area (Å²) in [5.41, 5.74) is 2.14. The van der Waals surface area contributed by atoms with Crippen LogP contribution < -0.4 is 30.7 Å². The van der Waals surface area contributed by atoms with Gasteiger partial charge in [-0.05, 0) is 30.2 Å². The van der Waals surface area contributed by atoms with Gasteiger partial charge in [-0.2, -0.15) is 0 Å². The maximum Gasteiger partial charge on any atom is 0.0465 e. The molecule has 2 atom stereocenters. The van der Waals surface area contributed by atoms with E-state index in [1.54, 1.807) is 30.0 Å². The van der Waals surface area contributed by atoms with Gasteiger partial charge in [0.1, 0.15) is 5.75 Å². The summed E-state index contributed by atoms with van der Waals surface area (Å²) in [6, 6.07) is 41.6. The van der Waals surface area contributed by atoms with Gasteiger partial charge in [0.05, 0.1) is 6.42 Å². The molecular formula is C58H70Cl2N3O6P. The molecule has 2 aliphatic rings. The Labute approximate surface area is 425 Å². The van der Waals surface area contributed by atoms with Crippen molar-refractivity contribution in [1.82, 2.24) is 9.80 Å². The second-order valence-corrected chi connectivity index (χ2v) is 26.0. The number of ether oxygens (including phenoxy) is 2. The number of carbonyl (C=O) groups excluding carboxylic acids is 4. The molecule has 12 heteroatoms. The molecule has 1 unspecified atom stereocenters. The van der Waals surface area contributed by atoms with Crippen LogP contribution in [0.25, 0.3) is 0 Å². The molecule has 2 aliphatic heterocycles. The van der Waals surface area contributed by atoms with Crippen molar-refractivity contribution in [2.24, 2.45) is 0 Å². The molecule has 1 N–H and O–H groups in total. The summed E-state index contributed by atoms with van der Waals surface area (Å²) < 4.78 is 11.8. The van der Waals surface area contributed by atoms with E-state index >= 15 is 0 Å². The molecule has 5 aromatic carbocycles. The fourth-order valence-electron chi connectivity index (χ4n) is 10.2. The Balaban J connectivity index is 0.885. The van der Waals surface area contributed by atoms with E-state index in [0.717, 1.165) is 46.3 Å². The molecule has 7 rings (SSSR count). The van der Waals surface area contributed by atoms with Gasteiger partial charge in [-0.3, -0.25) is 9.59 Å². The summed E-state index contributed by atoms with van der Waals surface area (Å²) >= 11 is 15.1. The zero-order chi connectivity index (χ0) is 49.4. The van der Waals surface area contributed by atoms with Crippen molar-refractivity contribution in [2.45, 2.75) is 122 Å². The van der Waals surface area contributed by atoms with Gasteiger partial charge in [-0.1, -0.05) is 94.9 Å². The number of rotatable bonds is 24. The topological polar surface area (TPSA) is 105 Å². The Kier molecular flexibility index (Phi) is 19.0. The number of unbranched alkanes of at least 4 members (excludes halogenated alkanes) is 10. The number of esters is 1. The molecule has 1 saturated heterocycles. The van der Waals surface area contributed by atoms with E-state index in [9.17, 15) is 19.2 Å². The van der Waals surface area contributed by atoms with Crippen LogP contribution in [0.5, 0.6) is 11.5 Å². The fraction of sp³-hybridized carbons (Fsp3) is 0.414. The first-order valence-corrected chi connectivity index (χ1v) is 29.3. The predicted molar refractivity (Wildman–Crippen MR) is 288 cm³/mol. The summed E-state index contributed by atoms with van der Waals surface area (Å²) in [6.07, 6.45) is 14.8. The quantitative estimate of drug-likeness (QED) is 0.0286. The molecule has 5 aromatic rings. The van der Waals surface area contributed by atoms with Gasteiger partial charge in [-0.15, -0.1) is 0 Å². The number of hydrogen-bond donors (Lipinski definition) is 1. The molecule has 0 spiro atoms. The molecule has 0 aromatic heterocycles. The summed E-state index contributed by atoms with van der Waals surface area (Å²) in [7, 11) is 0. The van der Waals surface area contributed by atoms with Crippen LogP contribution in [-0.2, 0) is 19.2 Å². The standard InChI is InChI=1S/C58H70Cl2N3O6P/c1-3-4-5-6-7-8-9-10-11-12-22-30-55(64)61-45-32-34-50(53(59)41-45)52-43-57(66)69-54-42-46(33-35-51(52)54)68-44(2)58(67)63-38-36-62(37-39-63)56(65)31-23-40-70(60,47-24-16-13-17-25-47,48-26-18-14-19-27-48)49-28-20-15-21-29-49/h13-21,24-29,32-35,41-42,44,52H,3-12,22-23,30-31,36-40,43H2,1-2H3,(H,61,64)/t44-,52?/m1/s1. The van der Waals surface area contributed by atoms with E-state index in [2.05, 4.69) is 48.6 Å². The predicted octanol–water partition coefficient (Wildman–Crippen LogP) is 12.3. The van der Waals surface area contributed by atoms with Gasteiger partial charge >= 0.3 is 230 Å². The number of fused-ring (bicyclic) bond motifs is 1. The van der Waals surface area contributed by atoms with Crippen LogP contribution in [0.1, 0.15) is 127 Å². The molecule has 9 nitrogen and oxygen atoms in total. The molecule has 0 radical (unpaired) electrons. The Hall–Kier alpha value is -5.21. The van der Waals surface area contributed by atoms with E-state index in [1.807, 2.05) is 77.7 Å². The third-order valence-electron chi connectivity index (χ3n) is 14.1. The van der Waals surface area contributed by atoms with Crippen molar-refractivity contribution in [3.05, 3.63) is 144 Å². The van der Waals surface area contributed by atoms with Crippen LogP contribution in [0.4, 0.5) is 5.69 Å². The van der Waals surface area contributed by atoms with Crippen molar-refractivity contribution in [3.63, 3.8) is 0 Å². The van der Waals surface area contributed by atoms with E-state index < -0.39 is 18.0 Å². The zero-order valence-corrected chi connectivity index (χ0v) is 43.4. The molecule has 372 valence electrons. The van der Waals surface area contributed by atoms with Crippen molar-refractivity contribution >= 4 is 74.1 Å². The minimum absolute atomic E-state index is 0.0357. The van der Waals surface area contributed by atoms with E-state index in [0.29, 0.717) is 73.8 Å². The van der Waals surface area contributed by atoms with Gasteiger partial charge in [0.25, 0.3) is 0 Å². The van der Waals surface area contributed by atoms with Crippen molar-refractivity contribution in [2.75, 3.05) is 37.7 Å². The average Bonchev–Trinajstić information content (AvgIpc) is 3.38. The van der Waals surface area contributed by atoms with Gasteiger partial charge in [0.15, 0.2) is 0 Å². The van der Waals surface area contributed by atoms with Gasteiger partial charge < -0.3 is 10.1 Å². The number of anilines is 1. The molecule has 3 amide bonds. The van der Waals surface area contributed by atoms with Gasteiger partial charge in [0, 0.05) is 34.7 Å². The maximum atomic E-state index is 13.8. The minimum Gasteiger partial charge on any atom is -0.0839 e. The maximum absolute atomic E-state index is 13.8. The van der Waals surface area contributed by atoms with Crippen molar-refractivity contribution < 1.29 is 28.7 Å². The normalized spacial score (nSPS) is 15.8. The van der Waals surface area contributed by atoms with Crippen LogP contribution in [0.15, 0.2) is 127 Å². The third-order valence-corrected chi connectivity index (χ3v) is 22.0. The molecule has 2 heterocycles. The number of benzene rings is 5. The number of piperazine rings is 1. The number of amides is 3. The van der Waals surface area contributed by atoms with Gasteiger partial charge in [-0.25, -0.2) is 0 Å². The second-order valence-electron chi connectivity index (χ2n) is 19.0. The largest absolute Gasteiger partial charge is 0.0839 e. The number of nitrogens with zero attached hydrogens (tertiary/aromatic N) is 2. The van der Waals surface area contributed by atoms with Crippen molar-refractivity contribution in [3.8, 4) is 11.5 Å². The van der Waals surface area contributed by atoms with Crippen LogP contribution in [-0.4, -0.2) is 71.9 Å². The number of hydrogen-bond acceptors (Lipinski definition) is 6. The molecule has 1 fully saturated rings. The summed E-state index contributed by atoms with van der Waals surface area (Å²) in [4.78, 5) is 56.8. The Morgan fingerprint density at radius 1 is 0.671 bits per heavy atom. The summed E-state index contributed by atoms with van der Waals surface area (Å²) in [6.45, 7) is 5.56. The first-order valence-electron chi connectivity index (χ1n) is 25.5. The number of halogens is 2. The Morgan fingerprint density at radius 2 is 1.20 bits per heavy atom. The van der Waals surface area contributed by atoms with Gasteiger partial charge in [0.2, 0.25) is 5.91 Å². The van der Waals surface area contributed by atoms with Crippen LogP contribution in [0.3, 0.4) is 0 Å². The second kappa shape index (κ2) is 25.3. The number of carbonyl (C=O) groups is 4. The Bertz CT molecular complexity index is 2420. The van der Waals surface area contributed by atoms with E-state index in [4.69, 9.17) is 32.3 Å². The van der Waals surface area contributed by atoms with E-state index in [-0.39, 0.29) is 30.1 Å².